The van der Waals surface area contributed by atoms with Crippen molar-refractivity contribution in [2.45, 2.75) is 44.1 Å². The van der Waals surface area contributed by atoms with Crippen LogP contribution in [0.25, 0.3) is 0 Å². The normalized spacial score (nSPS) is 19.8. The predicted molar refractivity (Wildman–Crippen MR) is 88.6 cm³/mol. The predicted octanol–water partition coefficient (Wildman–Crippen LogP) is 3.73. The van der Waals surface area contributed by atoms with Gasteiger partial charge < -0.3 is 10.1 Å². The van der Waals surface area contributed by atoms with Gasteiger partial charge in [-0.05, 0) is 24.3 Å². The van der Waals surface area contributed by atoms with E-state index in [1.807, 2.05) is 6.07 Å². The lowest BCUT2D eigenvalue weighted by molar-refractivity contribution is -0.121. The van der Waals surface area contributed by atoms with Gasteiger partial charge in [0, 0.05) is 11.3 Å². The minimum atomic E-state index is -0.350. The maximum absolute atomic E-state index is 13.0. The maximum atomic E-state index is 13.0. The number of nitrogens with one attached hydrogen (secondary N) is 1. The van der Waals surface area contributed by atoms with Crippen molar-refractivity contribution in [3.8, 4) is 0 Å². The Balaban J connectivity index is 1.59. The van der Waals surface area contributed by atoms with Crippen LogP contribution in [-0.4, -0.2) is 17.5 Å². The molecule has 1 aliphatic heterocycles. The molecule has 0 atom stereocenters. The minimum absolute atomic E-state index is 0.111. The number of hydrogen-bond donors (Lipinski definition) is 1. The first kappa shape index (κ1) is 14.4. The lowest BCUT2D eigenvalue weighted by atomic mass is 9.83. The summed E-state index contributed by atoms with van der Waals surface area (Å²) in [6, 6.07) is 4.13. The summed E-state index contributed by atoms with van der Waals surface area (Å²) in [6.45, 7) is 1.35. The lowest BCUT2D eigenvalue weighted by Crippen LogP contribution is -2.37. The van der Waals surface area contributed by atoms with Crippen molar-refractivity contribution in [1.29, 1.82) is 0 Å². The fourth-order valence-electron chi connectivity index (χ4n) is 3.41. The molecule has 2 aliphatic rings. The summed E-state index contributed by atoms with van der Waals surface area (Å²) in [5.41, 5.74) is 0.736. The minimum Gasteiger partial charge on any atom is -0.375 e. The molecule has 1 amide bonds. The van der Waals surface area contributed by atoms with Crippen molar-refractivity contribution in [2.75, 3.05) is 11.9 Å². The maximum Gasteiger partial charge on any atom is 0.237 e. The Morgan fingerprint density at radius 1 is 1.36 bits per heavy atom. The highest BCUT2D eigenvalue weighted by molar-refractivity contribution is 7.15. The molecule has 0 aromatic carbocycles. The SMILES string of the molecule is O=C(Nc1nc2c(s1)COCC2)C1(c2cccs2)CCCC1. The summed E-state index contributed by atoms with van der Waals surface area (Å²) in [5, 5.41) is 5.87. The molecule has 2 aromatic heterocycles. The fourth-order valence-corrected chi connectivity index (χ4v) is 5.33. The second-order valence-electron chi connectivity index (χ2n) is 5.91. The molecule has 0 saturated heterocycles. The zero-order valence-electron chi connectivity index (χ0n) is 12.3. The number of aromatic nitrogens is 1. The Morgan fingerprint density at radius 2 is 2.23 bits per heavy atom. The van der Waals surface area contributed by atoms with E-state index in [-0.39, 0.29) is 11.3 Å². The van der Waals surface area contributed by atoms with Crippen LogP contribution in [0.2, 0.25) is 0 Å². The number of amides is 1. The van der Waals surface area contributed by atoms with Gasteiger partial charge in [-0.25, -0.2) is 4.98 Å². The second-order valence-corrected chi connectivity index (χ2v) is 7.94. The Morgan fingerprint density at radius 3 is 2.95 bits per heavy atom. The number of nitrogens with zero attached hydrogens (tertiary/aromatic N) is 1. The fraction of sp³-hybridized carbons (Fsp3) is 0.500. The number of ether oxygens (including phenoxy) is 1. The number of thiophene rings is 1. The highest BCUT2D eigenvalue weighted by Gasteiger charge is 2.43. The highest BCUT2D eigenvalue weighted by Crippen LogP contribution is 2.44. The molecule has 22 heavy (non-hydrogen) atoms. The zero-order valence-corrected chi connectivity index (χ0v) is 13.9. The van der Waals surface area contributed by atoms with Crippen LogP contribution < -0.4 is 5.32 Å². The summed E-state index contributed by atoms with van der Waals surface area (Å²) in [4.78, 5) is 19.9. The van der Waals surface area contributed by atoms with E-state index >= 15 is 0 Å². The highest BCUT2D eigenvalue weighted by atomic mass is 32.1. The molecule has 6 heteroatoms. The zero-order chi connectivity index (χ0) is 15.0. The van der Waals surface area contributed by atoms with Crippen LogP contribution in [-0.2, 0) is 28.0 Å². The Bertz CT molecular complexity index is 649. The molecular weight excluding hydrogens is 316 g/mol. The monoisotopic (exact) mass is 334 g/mol. The first-order chi connectivity index (χ1) is 10.8. The molecule has 0 spiro atoms. The quantitative estimate of drug-likeness (QED) is 0.930. The summed E-state index contributed by atoms with van der Waals surface area (Å²) in [7, 11) is 0. The molecule has 1 fully saturated rings. The van der Waals surface area contributed by atoms with Crippen LogP contribution in [0.1, 0.15) is 41.1 Å². The van der Waals surface area contributed by atoms with E-state index in [2.05, 4.69) is 21.7 Å². The van der Waals surface area contributed by atoms with Gasteiger partial charge in [0.15, 0.2) is 5.13 Å². The van der Waals surface area contributed by atoms with E-state index < -0.39 is 0 Å². The topological polar surface area (TPSA) is 51.2 Å². The van der Waals surface area contributed by atoms with Gasteiger partial charge in [0.2, 0.25) is 5.91 Å². The largest absolute Gasteiger partial charge is 0.375 e. The lowest BCUT2D eigenvalue weighted by Gasteiger charge is -2.25. The molecule has 4 rings (SSSR count). The molecule has 1 aliphatic carbocycles. The first-order valence-electron chi connectivity index (χ1n) is 7.70. The van der Waals surface area contributed by atoms with Gasteiger partial charge in [0.25, 0.3) is 0 Å². The Hall–Kier alpha value is -1.24. The average molecular weight is 334 g/mol. The third kappa shape index (κ3) is 2.39. The van der Waals surface area contributed by atoms with Gasteiger partial charge in [0.1, 0.15) is 0 Å². The molecular formula is C16H18N2O2S2. The van der Waals surface area contributed by atoms with Crippen LogP contribution in [0.3, 0.4) is 0 Å². The number of carbonyl (C=O) groups is 1. The van der Waals surface area contributed by atoms with E-state index in [9.17, 15) is 4.79 Å². The van der Waals surface area contributed by atoms with Crippen LogP contribution in [0.5, 0.6) is 0 Å². The molecule has 4 nitrogen and oxygen atoms in total. The van der Waals surface area contributed by atoms with Gasteiger partial charge in [-0.15, -0.1) is 11.3 Å². The molecule has 0 radical (unpaired) electrons. The van der Waals surface area contributed by atoms with Crippen molar-refractivity contribution in [1.82, 2.24) is 4.98 Å². The van der Waals surface area contributed by atoms with Gasteiger partial charge >= 0.3 is 0 Å². The molecule has 0 bridgehead atoms. The van der Waals surface area contributed by atoms with E-state index in [0.717, 1.165) is 54.4 Å². The third-order valence-electron chi connectivity index (χ3n) is 4.60. The molecule has 2 aromatic rings. The van der Waals surface area contributed by atoms with Gasteiger partial charge in [-0.2, -0.15) is 0 Å². The second kappa shape index (κ2) is 5.76. The summed E-state index contributed by atoms with van der Waals surface area (Å²) < 4.78 is 5.45. The van der Waals surface area contributed by atoms with Crippen LogP contribution in [0.15, 0.2) is 17.5 Å². The van der Waals surface area contributed by atoms with Crippen molar-refractivity contribution in [3.63, 3.8) is 0 Å². The average Bonchev–Trinajstić information content (AvgIpc) is 3.26. The molecule has 1 saturated carbocycles. The summed E-state index contributed by atoms with van der Waals surface area (Å²) in [6.07, 6.45) is 4.96. The summed E-state index contributed by atoms with van der Waals surface area (Å²) >= 11 is 3.24. The Kier molecular flexibility index (Phi) is 3.76. The molecule has 116 valence electrons. The smallest absolute Gasteiger partial charge is 0.237 e. The first-order valence-corrected chi connectivity index (χ1v) is 9.39. The third-order valence-corrected chi connectivity index (χ3v) is 6.66. The van der Waals surface area contributed by atoms with E-state index in [1.165, 1.54) is 4.88 Å². The number of carbonyl (C=O) groups excluding carboxylic acids is 1. The van der Waals surface area contributed by atoms with Gasteiger partial charge in [0.05, 0.1) is 29.2 Å². The molecule has 3 heterocycles. The van der Waals surface area contributed by atoms with Crippen LogP contribution in [0.4, 0.5) is 5.13 Å². The van der Waals surface area contributed by atoms with Crippen LogP contribution >= 0.6 is 22.7 Å². The molecule has 1 N–H and O–H groups in total. The van der Waals surface area contributed by atoms with E-state index in [4.69, 9.17) is 4.74 Å². The van der Waals surface area contributed by atoms with E-state index in [1.54, 1.807) is 22.7 Å². The van der Waals surface area contributed by atoms with Gasteiger partial charge in [-0.3, -0.25) is 4.79 Å². The van der Waals surface area contributed by atoms with Crippen LogP contribution in [0, 0.1) is 0 Å². The number of fused-ring (bicyclic) bond motifs is 1. The van der Waals surface area contributed by atoms with Crippen molar-refractivity contribution in [2.24, 2.45) is 0 Å². The van der Waals surface area contributed by atoms with Crippen molar-refractivity contribution in [3.05, 3.63) is 33.0 Å². The molecule has 0 unspecified atom stereocenters. The van der Waals surface area contributed by atoms with Crippen molar-refractivity contribution < 1.29 is 9.53 Å². The number of hydrogen-bond acceptors (Lipinski definition) is 5. The number of rotatable bonds is 3. The van der Waals surface area contributed by atoms with E-state index in [0.29, 0.717) is 6.61 Å². The number of thiazole rings is 1. The Labute approximate surface area is 137 Å². The summed E-state index contributed by atoms with van der Waals surface area (Å²) in [5.74, 6) is 0.111. The number of anilines is 1. The van der Waals surface area contributed by atoms with Crippen molar-refractivity contribution >= 4 is 33.7 Å². The van der Waals surface area contributed by atoms with Gasteiger partial charge in [-0.1, -0.05) is 30.2 Å². The standard InChI is InChI=1S/C16H18N2O2S2/c19-14(16(6-1-2-7-16)13-4-3-9-21-13)18-15-17-11-5-8-20-10-12(11)22-15/h3-4,9H,1-2,5-8,10H2,(H,17,18,19).